The summed E-state index contributed by atoms with van der Waals surface area (Å²) in [5, 5.41) is 2.07. The molecule has 1 aromatic heterocycles. The molecule has 2 amide bonds. The summed E-state index contributed by atoms with van der Waals surface area (Å²) in [6.07, 6.45) is 3.90. The Hall–Kier alpha value is -1.36. The molecule has 0 aromatic carbocycles. The molecule has 0 spiro atoms. The second kappa shape index (κ2) is 7.04. The first-order valence-corrected chi connectivity index (χ1v) is 9.56. The van der Waals surface area contributed by atoms with E-state index in [4.69, 9.17) is 0 Å². The summed E-state index contributed by atoms with van der Waals surface area (Å²) < 4.78 is 0. The zero-order valence-electron chi connectivity index (χ0n) is 14.0. The maximum absolute atomic E-state index is 12.9. The zero-order chi connectivity index (χ0) is 16.4. The van der Waals surface area contributed by atoms with Crippen molar-refractivity contribution in [2.75, 3.05) is 13.1 Å². The number of thiophene rings is 1. The topological polar surface area (TPSA) is 40.6 Å². The third-order valence-electron chi connectivity index (χ3n) is 4.83. The van der Waals surface area contributed by atoms with E-state index in [-0.39, 0.29) is 17.7 Å². The molecule has 4 nitrogen and oxygen atoms in total. The van der Waals surface area contributed by atoms with Gasteiger partial charge in [-0.2, -0.15) is 0 Å². The molecule has 5 heteroatoms. The van der Waals surface area contributed by atoms with Gasteiger partial charge in [-0.05, 0) is 37.1 Å². The van der Waals surface area contributed by atoms with Gasteiger partial charge < -0.3 is 9.80 Å². The van der Waals surface area contributed by atoms with Crippen LogP contribution in [0.15, 0.2) is 17.5 Å². The second-order valence-electron chi connectivity index (χ2n) is 7.03. The van der Waals surface area contributed by atoms with Crippen molar-refractivity contribution in [2.24, 2.45) is 11.8 Å². The van der Waals surface area contributed by atoms with E-state index >= 15 is 0 Å². The van der Waals surface area contributed by atoms with Crippen LogP contribution >= 0.6 is 11.3 Å². The number of hydrogen-bond acceptors (Lipinski definition) is 3. The van der Waals surface area contributed by atoms with Crippen LogP contribution in [-0.2, 0) is 16.1 Å². The minimum absolute atomic E-state index is 0.0454. The molecule has 0 radical (unpaired) electrons. The van der Waals surface area contributed by atoms with Crippen molar-refractivity contribution in [3.8, 4) is 0 Å². The predicted octanol–water partition coefficient (Wildman–Crippen LogP) is 3.13. The van der Waals surface area contributed by atoms with E-state index in [1.807, 2.05) is 24.8 Å². The Bertz CT molecular complexity index is 543. The van der Waals surface area contributed by atoms with Crippen LogP contribution in [0, 0.1) is 11.8 Å². The SMILES string of the molecule is CC(C)C(=O)N1CCC(C(=O)N(Cc2cccs2)C2CC2)CC1. The molecule has 0 bridgehead atoms. The van der Waals surface area contributed by atoms with Crippen LogP contribution in [0.25, 0.3) is 0 Å². The fourth-order valence-electron chi connectivity index (χ4n) is 3.29. The van der Waals surface area contributed by atoms with E-state index in [0.717, 1.165) is 45.3 Å². The van der Waals surface area contributed by atoms with Crippen molar-refractivity contribution in [2.45, 2.75) is 52.1 Å². The fraction of sp³-hybridized carbons (Fsp3) is 0.667. The van der Waals surface area contributed by atoms with Crippen LogP contribution in [0.1, 0.15) is 44.4 Å². The molecular formula is C18H26N2O2S. The summed E-state index contributed by atoms with van der Waals surface area (Å²) in [4.78, 5) is 30.3. The van der Waals surface area contributed by atoms with Crippen molar-refractivity contribution in [3.05, 3.63) is 22.4 Å². The molecule has 2 heterocycles. The minimum Gasteiger partial charge on any atom is -0.342 e. The highest BCUT2D eigenvalue weighted by molar-refractivity contribution is 7.09. The standard InChI is InChI=1S/C18H26N2O2S/c1-13(2)17(21)19-9-7-14(8-10-19)18(22)20(15-5-6-15)12-16-4-3-11-23-16/h3-4,11,13-15H,5-10,12H2,1-2H3. The third-order valence-corrected chi connectivity index (χ3v) is 5.69. The highest BCUT2D eigenvalue weighted by atomic mass is 32.1. The van der Waals surface area contributed by atoms with Crippen LogP contribution in [0.4, 0.5) is 0 Å². The van der Waals surface area contributed by atoms with Crippen molar-refractivity contribution >= 4 is 23.2 Å². The number of likely N-dealkylation sites (tertiary alicyclic amines) is 1. The summed E-state index contributed by atoms with van der Waals surface area (Å²) in [7, 11) is 0. The summed E-state index contributed by atoms with van der Waals surface area (Å²) in [6.45, 7) is 6.09. The molecule has 1 aromatic rings. The van der Waals surface area contributed by atoms with E-state index in [1.165, 1.54) is 4.88 Å². The number of nitrogens with zero attached hydrogens (tertiary/aromatic N) is 2. The van der Waals surface area contributed by atoms with Gasteiger partial charge in [-0.1, -0.05) is 19.9 Å². The quantitative estimate of drug-likeness (QED) is 0.830. The number of rotatable bonds is 5. The molecule has 1 aliphatic carbocycles. The maximum atomic E-state index is 12.9. The van der Waals surface area contributed by atoms with Crippen molar-refractivity contribution in [1.82, 2.24) is 9.80 Å². The molecule has 23 heavy (non-hydrogen) atoms. The van der Waals surface area contributed by atoms with E-state index < -0.39 is 0 Å². The number of amides is 2. The number of hydrogen-bond donors (Lipinski definition) is 0. The van der Waals surface area contributed by atoms with Crippen molar-refractivity contribution < 1.29 is 9.59 Å². The smallest absolute Gasteiger partial charge is 0.226 e. The van der Waals surface area contributed by atoms with Crippen LogP contribution in [0.2, 0.25) is 0 Å². The number of carbonyl (C=O) groups excluding carboxylic acids is 2. The highest BCUT2D eigenvalue weighted by Gasteiger charge is 2.37. The first kappa shape index (κ1) is 16.5. The van der Waals surface area contributed by atoms with Gasteiger partial charge in [0.15, 0.2) is 0 Å². The number of carbonyl (C=O) groups is 2. The van der Waals surface area contributed by atoms with Gasteiger partial charge in [0.25, 0.3) is 0 Å². The molecule has 0 unspecified atom stereocenters. The van der Waals surface area contributed by atoms with Crippen LogP contribution < -0.4 is 0 Å². The van der Waals surface area contributed by atoms with Gasteiger partial charge >= 0.3 is 0 Å². The molecule has 3 rings (SSSR count). The van der Waals surface area contributed by atoms with Gasteiger partial charge in [0.2, 0.25) is 11.8 Å². The summed E-state index contributed by atoms with van der Waals surface area (Å²) in [6, 6.07) is 4.60. The normalized spacial score (nSPS) is 19.2. The molecular weight excluding hydrogens is 308 g/mol. The summed E-state index contributed by atoms with van der Waals surface area (Å²) in [5.41, 5.74) is 0. The maximum Gasteiger partial charge on any atom is 0.226 e. The Morgan fingerprint density at radius 1 is 1.26 bits per heavy atom. The van der Waals surface area contributed by atoms with E-state index in [2.05, 4.69) is 16.3 Å². The average molecular weight is 334 g/mol. The molecule has 1 aliphatic heterocycles. The highest BCUT2D eigenvalue weighted by Crippen LogP contribution is 2.32. The van der Waals surface area contributed by atoms with Gasteiger partial charge in [-0.3, -0.25) is 9.59 Å². The van der Waals surface area contributed by atoms with Crippen LogP contribution in [0.5, 0.6) is 0 Å². The van der Waals surface area contributed by atoms with Gasteiger partial charge in [-0.25, -0.2) is 0 Å². The largest absolute Gasteiger partial charge is 0.342 e. The minimum atomic E-state index is 0.0454. The van der Waals surface area contributed by atoms with Gasteiger partial charge in [0.05, 0.1) is 6.54 Å². The first-order chi connectivity index (χ1) is 11.1. The Kier molecular flexibility index (Phi) is 5.05. The summed E-state index contributed by atoms with van der Waals surface area (Å²) in [5.74, 6) is 0.655. The molecule has 126 valence electrons. The Morgan fingerprint density at radius 2 is 1.96 bits per heavy atom. The fourth-order valence-corrected chi connectivity index (χ4v) is 3.99. The third kappa shape index (κ3) is 3.94. The molecule has 1 saturated carbocycles. The van der Waals surface area contributed by atoms with Crippen LogP contribution in [-0.4, -0.2) is 40.7 Å². The van der Waals surface area contributed by atoms with Gasteiger partial charge in [0.1, 0.15) is 0 Å². The Balaban J connectivity index is 1.58. The van der Waals surface area contributed by atoms with Gasteiger partial charge in [-0.15, -0.1) is 11.3 Å². The van der Waals surface area contributed by atoms with E-state index in [1.54, 1.807) is 11.3 Å². The van der Waals surface area contributed by atoms with E-state index in [9.17, 15) is 9.59 Å². The zero-order valence-corrected chi connectivity index (χ0v) is 14.8. The van der Waals surface area contributed by atoms with Gasteiger partial charge in [0, 0.05) is 35.8 Å². The Labute approximate surface area is 142 Å². The lowest BCUT2D eigenvalue weighted by Gasteiger charge is -2.35. The molecule has 1 saturated heterocycles. The number of piperidine rings is 1. The molecule has 0 atom stereocenters. The predicted molar refractivity (Wildman–Crippen MR) is 92.0 cm³/mol. The molecule has 0 N–H and O–H groups in total. The average Bonchev–Trinajstić information content (AvgIpc) is 3.27. The molecule has 2 fully saturated rings. The van der Waals surface area contributed by atoms with Crippen molar-refractivity contribution in [3.63, 3.8) is 0 Å². The summed E-state index contributed by atoms with van der Waals surface area (Å²) >= 11 is 1.72. The first-order valence-electron chi connectivity index (χ1n) is 8.68. The lowest BCUT2D eigenvalue weighted by Crippen LogP contribution is -2.45. The molecule has 2 aliphatic rings. The second-order valence-corrected chi connectivity index (χ2v) is 8.06. The monoisotopic (exact) mass is 334 g/mol. The lowest BCUT2D eigenvalue weighted by molar-refractivity contribution is -0.142. The Morgan fingerprint density at radius 3 is 2.48 bits per heavy atom. The van der Waals surface area contributed by atoms with E-state index in [0.29, 0.717) is 11.9 Å². The van der Waals surface area contributed by atoms with Crippen molar-refractivity contribution in [1.29, 1.82) is 0 Å². The van der Waals surface area contributed by atoms with Crippen LogP contribution in [0.3, 0.4) is 0 Å². The lowest BCUT2D eigenvalue weighted by atomic mass is 9.94.